The van der Waals surface area contributed by atoms with Crippen molar-refractivity contribution < 1.29 is 4.39 Å². The molecule has 3 heterocycles. The highest BCUT2D eigenvalue weighted by Crippen LogP contribution is 2.27. The zero-order valence-electron chi connectivity index (χ0n) is 18.9. The quantitative estimate of drug-likeness (QED) is 0.447. The number of rotatable bonds is 6. The van der Waals surface area contributed by atoms with E-state index in [4.69, 9.17) is 4.98 Å². The maximum absolute atomic E-state index is 13.8. The molecule has 0 aliphatic heterocycles. The number of imidazole rings is 1. The maximum atomic E-state index is 13.8. The first-order valence-corrected chi connectivity index (χ1v) is 10.4. The third-order valence-corrected chi connectivity index (χ3v) is 5.34. The van der Waals surface area contributed by atoms with Crippen LogP contribution in [0.1, 0.15) is 29.4 Å². The number of hydrogen-bond acceptors (Lipinski definition) is 3. The van der Waals surface area contributed by atoms with Crippen molar-refractivity contribution in [2.75, 3.05) is 0 Å². The molecule has 0 aliphatic rings. The lowest BCUT2D eigenvalue weighted by Crippen LogP contribution is -2.21. The van der Waals surface area contributed by atoms with Crippen molar-refractivity contribution in [1.29, 1.82) is 0 Å². The summed E-state index contributed by atoms with van der Waals surface area (Å²) in [5, 5.41) is 13.2. The highest BCUT2D eigenvalue weighted by Gasteiger charge is 2.16. The molecule has 0 bridgehead atoms. The first-order chi connectivity index (χ1) is 15.9. The molecule has 6 nitrogen and oxygen atoms in total. The summed E-state index contributed by atoms with van der Waals surface area (Å²) in [6, 6.07) is 6.42. The highest BCUT2D eigenvalue weighted by atomic mass is 19.1. The fraction of sp³-hybridized carbons (Fsp3) is 0.115. The molecule has 0 atom stereocenters. The van der Waals surface area contributed by atoms with Crippen molar-refractivity contribution in [3.63, 3.8) is 0 Å². The van der Waals surface area contributed by atoms with Crippen molar-refractivity contribution in [3.8, 4) is 11.5 Å². The fourth-order valence-corrected chi connectivity index (χ4v) is 3.56. The molecule has 0 radical (unpaired) electrons. The minimum atomic E-state index is -0.307. The minimum absolute atomic E-state index is 0.307. The van der Waals surface area contributed by atoms with Gasteiger partial charge in [0.1, 0.15) is 11.5 Å². The Kier molecular flexibility index (Phi) is 6.04. The van der Waals surface area contributed by atoms with Crippen molar-refractivity contribution in [3.05, 3.63) is 100 Å². The molecular formula is C26H25FN6. The Morgan fingerprint density at radius 1 is 1.21 bits per heavy atom. The fourth-order valence-electron chi connectivity index (χ4n) is 3.56. The van der Waals surface area contributed by atoms with Crippen LogP contribution in [-0.2, 0) is 7.05 Å². The summed E-state index contributed by atoms with van der Waals surface area (Å²) < 4.78 is 15.6. The molecule has 166 valence electrons. The monoisotopic (exact) mass is 440 g/mol. The number of halogens is 1. The Labute approximate surface area is 191 Å². The van der Waals surface area contributed by atoms with E-state index in [-0.39, 0.29) is 5.82 Å². The number of H-pyrrole nitrogens is 2. The van der Waals surface area contributed by atoms with Crippen LogP contribution in [0.25, 0.3) is 35.3 Å². The van der Waals surface area contributed by atoms with E-state index in [0.29, 0.717) is 17.2 Å². The summed E-state index contributed by atoms with van der Waals surface area (Å²) in [5.74, 6) is 0.278. The summed E-state index contributed by atoms with van der Waals surface area (Å²) in [5.41, 5.74) is 5.78. The highest BCUT2D eigenvalue weighted by molar-refractivity contribution is 5.81. The average Bonchev–Trinajstić information content (AvgIpc) is 3.49. The third-order valence-electron chi connectivity index (χ3n) is 5.34. The number of nitrogens with zero attached hydrogens (tertiary/aromatic N) is 4. The van der Waals surface area contributed by atoms with Gasteiger partial charge in [-0.15, -0.1) is 0 Å². The van der Waals surface area contributed by atoms with Gasteiger partial charge in [0, 0.05) is 35.3 Å². The van der Waals surface area contributed by atoms with Crippen LogP contribution in [0.4, 0.5) is 4.39 Å². The molecule has 4 aromatic rings. The molecule has 0 amide bonds. The molecule has 0 fully saturated rings. The first kappa shape index (κ1) is 22.0. The van der Waals surface area contributed by atoms with E-state index >= 15 is 0 Å². The molecule has 0 spiro atoms. The second-order valence-electron chi connectivity index (χ2n) is 7.77. The summed E-state index contributed by atoms with van der Waals surface area (Å²) in [6.45, 7) is 11.9. The number of aromatic nitrogens is 6. The predicted octanol–water partition coefficient (Wildman–Crippen LogP) is 3.89. The standard InChI is InChI=1S/C26H25FN6/c1-6-8-22(19-9-7-10-21(27)13-19)25-18(4)29-26(30-25)24-17(3)23(31-32-24)12-11-16(2)20-14-28-33(5)15-20/h6-15,31H,1,3H2,2,4-5H3,(H,29,30)/b16-11+,22-8-,23-12+. The van der Waals surface area contributed by atoms with Crippen molar-refractivity contribution in [2.24, 2.45) is 7.05 Å². The van der Waals surface area contributed by atoms with E-state index in [9.17, 15) is 4.39 Å². The molecule has 0 saturated heterocycles. The molecule has 0 saturated carbocycles. The Morgan fingerprint density at radius 2 is 2.03 bits per heavy atom. The number of aryl methyl sites for hydroxylation is 2. The van der Waals surface area contributed by atoms with E-state index in [2.05, 4.69) is 33.4 Å². The van der Waals surface area contributed by atoms with E-state index < -0.39 is 0 Å². The molecule has 3 aromatic heterocycles. The summed E-state index contributed by atoms with van der Waals surface area (Å²) >= 11 is 0. The van der Waals surface area contributed by atoms with Crippen LogP contribution in [-0.4, -0.2) is 29.9 Å². The van der Waals surface area contributed by atoms with Crippen molar-refractivity contribution in [2.45, 2.75) is 13.8 Å². The number of aromatic amines is 2. The van der Waals surface area contributed by atoms with E-state index in [0.717, 1.165) is 38.5 Å². The second kappa shape index (κ2) is 9.08. The predicted molar refractivity (Wildman–Crippen MR) is 131 cm³/mol. The van der Waals surface area contributed by atoms with Gasteiger partial charge in [-0.3, -0.25) is 9.78 Å². The van der Waals surface area contributed by atoms with Crippen molar-refractivity contribution >= 4 is 23.8 Å². The average molecular weight is 441 g/mol. The lowest BCUT2D eigenvalue weighted by molar-refractivity contribution is 0.627. The van der Waals surface area contributed by atoms with Gasteiger partial charge in [-0.1, -0.05) is 43.5 Å². The molecule has 1 aromatic carbocycles. The first-order valence-electron chi connectivity index (χ1n) is 10.4. The Bertz CT molecular complexity index is 1500. The Hall–Kier alpha value is -4.26. The lowest BCUT2D eigenvalue weighted by Gasteiger charge is -2.06. The van der Waals surface area contributed by atoms with Gasteiger partial charge in [-0.05, 0) is 43.2 Å². The normalized spacial score (nSPS) is 13.0. The van der Waals surface area contributed by atoms with Gasteiger partial charge < -0.3 is 4.98 Å². The molecule has 0 unspecified atom stereocenters. The van der Waals surface area contributed by atoms with Gasteiger partial charge in [0.25, 0.3) is 0 Å². The van der Waals surface area contributed by atoms with E-state index in [1.54, 1.807) is 16.8 Å². The van der Waals surface area contributed by atoms with Gasteiger partial charge >= 0.3 is 0 Å². The van der Waals surface area contributed by atoms with Gasteiger partial charge in [-0.2, -0.15) is 10.2 Å². The molecule has 0 aliphatic carbocycles. The molecular weight excluding hydrogens is 415 g/mol. The summed E-state index contributed by atoms with van der Waals surface area (Å²) in [6.07, 6.45) is 11.2. The van der Waals surface area contributed by atoms with Crippen LogP contribution in [0.2, 0.25) is 0 Å². The molecule has 2 N–H and O–H groups in total. The van der Waals surface area contributed by atoms with Crippen LogP contribution in [0.3, 0.4) is 0 Å². The Balaban J connectivity index is 1.71. The maximum Gasteiger partial charge on any atom is 0.159 e. The van der Waals surface area contributed by atoms with Crippen LogP contribution in [0.5, 0.6) is 0 Å². The lowest BCUT2D eigenvalue weighted by atomic mass is 10.0. The van der Waals surface area contributed by atoms with Crippen molar-refractivity contribution in [1.82, 2.24) is 29.9 Å². The Morgan fingerprint density at radius 3 is 2.73 bits per heavy atom. The van der Waals surface area contributed by atoms with Crippen LogP contribution < -0.4 is 10.6 Å². The van der Waals surface area contributed by atoms with E-state index in [1.807, 2.05) is 57.6 Å². The number of nitrogens with one attached hydrogen (secondary N) is 2. The summed E-state index contributed by atoms with van der Waals surface area (Å²) in [4.78, 5) is 8.06. The molecule has 33 heavy (non-hydrogen) atoms. The SMILES string of the molecule is C=C/C=C(/c1cccc(F)c1)c1nc(-c2n[nH]/c(=C/C=C(\C)c3cnn(C)c3)c2=C)[nH]c1C. The number of benzene rings is 1. The van der Waals surface area contributed by atoms with Crippen LogP contribution in [0.15, 0.2) is 61.5 Å². The van der Waals surface area contributed by atoms with Crippen LogP contribution >= 0.6 is 0 Å². The zero-order chi connectivity index (χ0) is 23.5. The molecule has 7 heteroatoms. The van der Waals surface area contributed by atoms with E-state index in [1.165, 1.54) is 12.1 Å². The van der Waals surface area contributed by atoms with Crippen LogP contribution in [0, 0.1) is 12.7 Å². The van der Waals surface area contributed by atoms with Gasteiger partial charge in [-0.25, -0.2) is 9.37 Å². The zero-order valence-corrected chi connectivity index (χ0v) is 18.9. The summed E-state index contributed by atoms with van der Waals surface area (Å²) in [7, 11) is 1.89. The topological polar surface area (TPSA) is 75.2 Å². The van der Waals surface area contributed by atoms with Gasteiger partial charge in [0.2, 0.25) is 0 Å². The minimum Gasteiger partial charge on any atom is -0.340 e. The number of allylic oxidation sites excluding steroid dienone is 4. The largest absolute Gasteiger partial charge is 0.340 e. The number of hydrogen-bond donors (Lipinski definition) is 2. The third kappa shape index (κ3) is 4.52. The molecule has 4 rings (SSSR count). The van der Waals surface area contributed by atoms with Gasteiger partial charge in [0.15, 0.2) is 5.82 Å². The second-order valence-corrected chi connectivity index (χ2v) is 7.77. The smallest absolute Gasteiger partial charge is 0.159 e. The van der Waals surface area contributed by atoms with Gasteiger partial charge in [0.05, 0.1) is 17.2 Å².